The van der Waals surface area contributed by atoms with E-state index < -0.39 is 17.7 Å². The monoisotopic (exact) mass is 359 g/mol. The number of likely N-dealkylation sites (tertiary alicyclic amines) is 1. The summed E-state index contributed by atoms with van der Waals surface area (Å²) < 4.78 is 1.63. The van der Waals surface area contributed by atoms with Crippen LogP contribution in [0.2, 0.25) is 5.02 Å². The zero-order valence-corrected chi connectivity index (χ0v) is 15.1. The first-order valence-electron chi connectivity index (χ1n) is 7.74. The Morgan fingerprint density at radius 1 is 1.16 bits per heavy atom. The van der Waals surface area contributed by atoms with E-state index in [1.165, 1.54) is 4.90 Å². The summed E-state index contributed by atoms with van der Waals surface area (Å²) in [5.41, 5.74) is 2.55. The van der Waals surface area contributed by atoms with E-state index in [1.54, 1.807) is 56.9 Å². The van der Waals surface area contributed by atoms with Crippen molar-refractivity contribution < 1.29 is 14.7 Å². The highest BCUT2D eigenvalue weighted by atomic mass is 35.5. The standard InChI is InChI=1S/C18H18ClN3O3/c1-9-13(10(2)22(4)20-9)16(23)14-15(21(3)18(25)17(14)24)11-5-7-12(19)8-6-11/h5-8,15,23H,1-4H3/b16-14+. The molecule has 25 heavy (non-hydrogen) atoms. The summed E-state index contributed by atoms with van der Waals surface area (Å²) in [6.45, 7) is 3.55. The molecule has 1 aliphatic rings. The van der Waals surface area contributed by atoms with Crippen LogP contribution in [0.25, 0.3) is 5.76 Å². The quantitative estimate of drug-likeness (QED) is 0.508. The number of carbonyl (C=O) groups is 2. The largest absolute Gasteiger partial charge is 0.507 e. The molecule has 6 nitrogen and oxygen atoms in total. The molecule has 1 amide bonds. The van der Waals surface area contributed by atoms with Gasteiger partial charge >= 0.3 is 0 Å². The van der Waals surface area contributed by atoms with Gasteiger partial charge in [0.25, 0.3) is 11.7 Å². The number of halogens is 1. The fourth-order valence-electron chi connectivity index (χ4n) is 3.23. The minimum absolute atomic E-state index is 0.0639. The Morgan fingerprint density at radius 3 is 2.28 bits per heavy atom. The Kier molecular flexibility index (Phi) is 4.16. The molecule has 0 saturated carbocycles. The molecule has 2 heterocycles. The number of aryl methyl sites for hydroxylation is 2. The summed E-state index contributed by atoms with van der Waals surface area (Å²) in [5, 5.41) is 15.7. The van der Waals surface area contributed by atoms with E-state index in [0.717, 1.165) is 0 Å². The fourth-order valence-corrected chi connectivity index (χ4v) is 3.36. The molecule has 1 aliphatic heterocycles. The Hall–Kier alpha value is -2.60. The lowest BCUT2D eigenvalue weighted by Gasteiger charge is -2.21. The van der Waals surface area contributed by atoms with Crippen molar-refractivity contribution in [1.29, 1.82) is 0 Å². The first-order valence-corrected chi connectivity index (χ1v) is 8.12. The van der Waals surface area contributed by atoms with Gasteiger partial charge in [-0.2, -0.15) is 5.10 Å². The van der Waals surface area contributed by atoms with Crippen molar-refractivity contribution in [1.82, 2.24) is 14.7 Å². The van der Waals surface area contributed by atoms with E-state index >= 15 is 0 Å². The number of hydrogen-bond acceptors (Lipinski definition) is 4. The normalized spacial score (nSPS) is 19.7. The average molecular weight is 360 g/mol. The van der Waals surface area contributed by atoms with Gasteiger partial charge in [0.15, 0.2) is 0 Å². The van der Waals surface area contributed by atoms with E-state index in [-0.39, 0.29) is 11.3 Å². The predicted molar refractivity (Wildman–Crippen MR) is 94.2 cm³/mol. The number of Topliss-reactive ketones (excluding diaryl/α,β-unsaturated/α-hetero) is 1. The number of benzene rings is 1. The molecule has 1 fully saturated rings. The lowest BCUT2D eigenvalue weighted by atomic mass is 9.95. The van der Waals surface area contributed by atoms with E-state index in [4.69, 9.17) is 11.6 Å². The molecule has 0 aliphatic carbocycles. The molecule has 1 aromatic carbocycles. The van der Waals surface area contributed by atoms with Crippen LogP contribution in [0.15, 0.2) is 29.8 Å². The first kappa shape index (κ1) is 17.2. The Balaban J connectivity index is 2.24. The van der Waals surface area contributed by atoms with Gasteiger partial charge in [0.2, 0.25) is 0 Å². The highest BCUT2D eigenvalue weighted by Crippen LogP contribution is 2.39. The zero-order valence-electron chi connectivity index (χ0n) is 14.4. The van der Waals surface area contributed by atoms with E-state index in [0.29, 0.717) is 27.5 Å². The van der Waals surface area contributed by atoms with Crippen molar-refractivity contribution >= 4 is 29.1 Å². The summed E-state index contributed by atoms with van der Waals surface area (Å²) in [7, 11) is 3.30. The number of amides is 1. The molecule has 1 N–H and O–H groups in total. The van der Waals surface area contributed by atoms with Crippen LogP contribution in [-0.2, 0) is 16.6 Å². The minimum atomic E-state index is -0.706. The number of aliphatic hydroxyl groups excluding tert-OH is 1. The van der Waals surface area contributed by atoms with Gasteiger partial charge in [-0.1, -0.05) is 23.7 Å². The number of aliphatic hydroxyl groups is 1. The number of likely N-dealkylation sites (N-methyl/N-ethyl adjacent to an activating group) is 1. The summed E-state index contributed by atoms with van der Waals surface area (Å²) in [6.07, 6.45) is 0. The van der Waals surface area contributed by atoms with E-state index in [1.807, 2.05) is 0 Å². The average Bonchev–Trinajstić information content (AvgIpc) is 2.95. The zero-order chi connectivity index (χ0) is 18.5. The maximum absolute atomic E-state index is 12.5. The second-order valence-corrected chi connectivity index (χ2v) is 6.57. The van der Waals surface area contributed by atoms with Gasteiger partial charge in [-0.05, 0) is 31.5 Å². The molecule has 0 radical (unpaired) electrons. The molecule has 1 unspecified atom stereocenters. The van der Waals surface area contributed by atoms with Crippen LogP contribution in [-0.4, -0.2) is 38.5 Å². The van der Waals surface area contributed by atoms with Gasteiger partial charge in [0, 0.05) is 24.8 Å². The van der Waals surface area contributed by atoms with E-state index in [9.17, 15) is 14.7 Å². The molecular weight excluding hydrogens is 342 g/mol. The Labute approximate surface area is 150 Å². The Morgan fingerprint density at radius 2 is 1.76 bits per heavy atom. The summed E-state index contributed by atoms with van der Waals surface area (Å²) >= 11 is 5.93. The van der Waals surface area contributed by atoms with Gasteiger partial charge in [-0.3, -0.25) is 14.3 Å². The molecule has 0 spiro atoms. The lowest BCUT2D eigenvalue weighted by molar-refractivity contribution is -0.139. The van der Waals surface area contributed by atoms with Crippen molar-refractivity contribution in [3.8, 4) is 0 Å². The molecule has 0 bridgehead atoms. The molecule has 1 saturated heterocycles. The number of rotatable bonds is 2. The summed E-state index contributed by atoms with van der Waals surface area (Å²) in [4.78, 5) is 26.1. The number of nitrogens with zero attached hydrogens (tertiary/aromatic N) is 3. The highest BCUT2D eigenvalue weighted by molar-refractivity contribution is 6.46. The number of hydrogen-bond donors (Lipinski definition) is 1. The van der Waals surface area contributed by atoms with Crippen molar-refractivity contribution in [2.45, 2.75) is 19.9 Å². The molecule has 3 rings (SSSR count). The fraction of sp³-hybridized carbons (Fsp3) is 0.278. The molecule has 130 valence electrons. The van der Waals surface area contributed by atoms with E-state index in [2.05, 4.69) is 5.10 Å². The van der Waals surface area contributed by atoms with Gasteiger partial charge in [0.05, 0.1) is 22.9 Å². The van der Waals surface area contributed by atoms with Gasteiger partial charge in [0.1, 0.15) is 5.76 Å². The summed E-state index contributed by atoms with van der Waals surface area (Å²) in [5.74, 6) is -1.56. The minimum Gasteiger partial charge on any atom is -0.507 e. The van der Waals surface area contributed by atoms with Crippen LogP contribution in [0.1, 0.15) is 28.6 Å². The van der Waals surface area contributed by atoms with Crippen molar-refractivity contribution in [3.63, 3.8) is 0 Å². The molecule has 2 aromatic rings. The van der Waals surface area contributed by atoms with Crippen LogP contribution in [0.3, 0.4) is 0 Å². The van der Waals surface area contributed by atoms with Crippen molar-refractivity contribution in [3.05, 3.63) is 57.4 Å². The number of aromatic nitrogens is 2. The second-order valence-electron chi connectivity index (χ2n) is 6.13. The first-order chi connectivity index (χ1) is 11.7. The van der Waals surface area contributed by atoms with Gasteiger partial charge < -0.3 is 10.0 Å². The third kappa shape index (κ3) is 2.62. The molecule has 1 aromatic heterocycles. The summed E-state index contributed by atoms with van der Waals surface area (Å²) in [6, 6.07) is 6.19. The third-order valence-corrected chi connectivity index (χ3v) is 4.86. The SMILES string of the molecule is Cc1nn(C)c(C)c1/C(O)=C1\C(=O)C(=O)N(C)C1c1ccc(Cl)cc1. The van der Waals surface area contributed by atoms with Crippen LogP contribution < -0.4 is 0 Å². The van der Waals surface area contributed by atoms with Crippen LogP contribution in [0.4, 0.5) is 0 Å². The smallest absolute Gasteiger partial charge is 0.295 e. The van der Waals surface area contributed by atoms with Crippen LogP contribution in [0, 0.1) is 13.8 Å². The molecule has 1 atom stereocenters. The topological polar surface area (TPSA) is 75.4 Å². The molecule has 7 heteroatoms. The van der Waals surface area contributed by atoms with Crippen LogP contribution in [0.5, 0.6) is 0 Å². The maximum atomic E-state index is 12.5. The Bertz CT molecular complexity index is 912. The van der Waals surface area contributed by atoms with Gasteiger partial charge in [-0.25, -0.2) is 0 Å². The predicted octanol–water partition coefficient (Wildman–Crippen LogP) is 2.74. The maximum Gasteiger partial charge on any atom is 0.295 e. The number of carbonyl (C=O) groups excluding carboxylic acids is 2. The highest BCUT2D eigenvalue weighted by Gasteiger charge is 2.44. The molecular formula is C18H18ClN3O3. The van der Waals surface area contributed by atoms with Gasteiger partial charge in [-0.15, -0.1) is 0 Å². The van der Waals surface area contributed by atoms with Crippen molar-refractivity contribution in [2.24, 2.45) is 7.05 Å². The van der Waals surface area contributed by atoms with Crippen LogP contribution >= 0.6 is 11.6 Å². The van der Waals surface area contributed by atoms with Crippen molar-refractivity contribution in [2.75, 3.05) is 7.05 Å². The lowest BCUT2D eigenvalue weighted by Crippen LogP contribution is -2.24. The number of ketones is 1. The third-order valence-electron chi connectivity index (χ3n) is 4.61. The second kappa shape index (κ2) is 6.04.